The summed E-state index contributed by atoms with van der Waals surface area (Å²) in [6, 6.07) is 10.3. The third kappa shape index (κ3) is 5.80. The molecule has 1 amide bonds. The summed E-state index contributed by atoms with van der Waals surface area (Å²) < 4.78 is 9.82. The number of hydrogen-bond donors (Lipinski definition) is 2. The fourth-order valence-electron chi connectivity index (χ4n) is 1.92. The van der Waals surface area contributed by atoms with E-state index in [0.29, 0.717) is 11.4 Å². The molecule has 132 valence electrons. The van der Waals surface area contributed by atoms with E-state index in [1.807, 2.05) is 0 Å². The highest BCUT2D eigenvalue weighted by atomic mass is 16.6. The molecule has 0 atom stereocenters. The first-order chi connectivity index (χ1) is 11.8. The van der Waals surface area contributed by atoms with E-state index in [1.54, 1.807) is 63.4 Å². The molecule has 0 saturated heterocycles. The van der Waals surface area contributed by atoms with Gasteiger partial charge in [-0.3, -0.25) is 5.32 Å². The molecule has 1 heterocycles. The first kappa shape index (κ1) is 18.3. The van der Waals surface area contributed by atoms with Crippen LogP contribution in [-0.2, 0) is 9.47 Å². The molecule has 0 bridgehead atoms. The SMILES string of the molecule is COC(=O)c1ccc(Nc2ccc(NC(=O)OC(C)(C)C)nc2)cc1. The minimum atomic E-state index is -0.568. The molecule has 1 aromatic heterocycles. The number of ether oxygens (including phenoxy) is 2. The molecule has 2 aromatic rings. The second-order valence-electron chi connectivity index (χ2n) is 6.25. The van der Waals surface area contributed by atoms with E-state index in [2.05, 4.69) is 20.4 Å². The van der Waals surface area contributed by atoms with Crippen LogP contribution >= 0.6 is 0 Å². The van der Waals surface area contributed by atoms with Crippen molar-refractivity contribution >= 4 is 29.3 Å². The van der Waals surface area contributed by atoms with Crippen LogP contribution in [0.15, 0.2) is 42.6 Å². The lowest BCUT2D eigenvalue weighted by atomic mass is 10.2. The predicted molar refractivity (Wildman–Crippen MR) is 95.2 cm³/mol. The van der Waals surface area contributed by atoms with E-state index in [1.165, 1.54) is 7.11 Å². The number of rotatable bonds is 4. The van der Waals surface area contributed by atoms with Gasteiger partial charge in [0, 0.05) is 5.69 Å². The van der Waals surface area contributed by atoms with Crippen LogP contribution in [0.25, 0.3) is 0 Å². The summed E-state index contributed by atoms with van der Waals surface area (Å²) in [7, 11) is 1.34. The van der Waals surface area contributed by atoms with E-state index in [9.17, 15) is 9.59 Å². The number of amides is 1. The Hall–Kier alpha value is -3.09. The number of nitrogens with zero attached hydrogens (tertiary/aromatic N) is 1. The molecule has 25 heavy (non-hydrogen) atoms. The molecule has 7 heteroatoms. The quantitative estimate of drug-likeness (QED) is 0.817. The molecule has 2 rings (SSSR count). The van der Waals surface area contributed by atoms with Gasteiger partial charge in [0.15, 0.2) is 0 Å². The predicted octanol–water partition coefficient (Wildman–Crippen LogP) is 3.96. The van der Waals surface area contributed by atoms with Crippen molar-refractivity contribution in [2.45, 2.75) is 26.4 Å². The standard InChI is InChI=1S/C18H21N3O4/c1-18(2,3)25-17(23)21-15-10-9-14(11-19-15)20-13-7-5-12(6-8-13)16(22)24-4/h5-11,20H,1-4H3,(H,19,21,23). The van der Waals surface area contributed by atoms with Gasteiger partial charge in [-0.2, -0.15) is 0 Å². The van der Waals surface area contributed by atoms with Gasteiger partial charge in [0.05, 0.1) is 24.6 Å². The molecule has 1 aromatic carbocycles. The first-order valence-corrected chi connectivity index (χ1v) is 7.68. The zero-order valence-corrected chi connectivity index (χ0v) is 14.6. The Balaban J connectivity index is 1.96. The first-order valence-electron chi connectivity index (χ1n) is 7.68. The Bertz CT molecular complexity index is 734. The summed E-state index contributed by atoms with van der Waals surface area (Å²) in [5.41, 5.74) is 1.44. The number of anilines is 3. The van der Waals surface area contributed by atoms with Crippen LogP contribution in [0, 0.1) is 0 Å². The highest BCUT2D eigenvalue weighted by molar-refractivity contribution is 5.89. The topological polar surface area (TPSA) is 89.6 Å². The monoisotopic (exact) mass is 343 g/mol. The van der Waals surface area contributed by atoms with Crippen molar-refractivity contribution < 1.29 is 19.1 Å². The van der Waals surface area contributed by atoms with E-state index in [-0.39, 0.29) is 5.97 Å². The largest absolute Gasteiger partial charge is 0.465 e. The maximum Gasteiger partial charge on any atom is 0.413 e. The van der Waals surface area contributed by atoms with Gasteiger partial charge in [-0.05, 0) is 57.2 Å². The molecular weight excluding hydrogens is 322 g/mol. The second-order valence-corrected chi connectivity index (χ2v) is 6.25. The van der Waals surface area contributed by atoms with Gasteiger partial charge >= 0.3 is 12.1 Å². The van der Waals surface area contributed by atoms with E-state index < -0.39 is 11.7 Å². The van der Waals surface area contributed by atoms with Crippen LogP contribution in [-0.4, -0.2) is 29.8 Å². The summed E-state index contributed by atoms with van der Waals surface area (Å²) in [5, 5.41) is 5.71. The van der Waals surface area contributed by atoms with Crippen LogP contribution in [0.3, 0.4) is 0 Å². The molecule has 0 aliphatic heterocycles. The highest BCUT2D eigenvalue weighted by Crippen LogP contribution is 2.18. The number of benzene rings is 1. The van der Waals surface area contributed by atoms with E-state index in [0.717, 1.165) is 11.4 Å². The number of pyridine rings is 1. The number of esters is 1. The van der Waals surface area contributed by atoms with Crippen molar-refractivity contribution in [1.29, 1.82) is 0 Å². The van der Waals surface area contributed by atoms with Gasteiger partial charge < -0.3 is 14.8 Å². The zero-order valence-electron chi connectivity index (χ0n) is 14.6. The van der Waals surface area contributed by atoms with Crippen molar-refractivity contribution in [3.05, 3.63) is 48.2 Å². The number of carbonyl (C=O) groups is 2. The summed E-state index contributed by atoms with van der Waals surface area (Å²) >= 11 is 0. The van der Waals surface area contributed by atoms with Gasteiger partial charge in [0.25, 0.3) is 0 Å². The van der Waals surface area contributed by atoms with Gasteiger partial charge in [-0.15, -0.1) is 0 Å². The van der Waals surface area contributed by atoms with Crippen molar-refractivity contribution in [2.75, 3.05) is 17.7 Å². The Morgan fingerprint density at radius 3 is 2.16 bits per heavy atom. The lowest BCUT2D eigenvalue weighted by molar-refractivity contribution is 0.0598. The second kappa shape index (κ2) is 7.65. The van der Waals surface area contributed by atoms with Crippen molar-refractivity contribution in [2.24, 2.45) is 0 Å². The minimum Gasteiger partial charge on any atom is -0.465 e. The number of nitrogens with one attached hydrogen (secondary N) is 2. The zero-order chi connectivity index (χ0) is 18.4. The number of aromatic nitrogens is 1. The number of carbonyl (C=O) groups excluding carboxylic acids is 2. The van der Waals surface area contributed by atoms with Crippen LogP contribution in [0.4, 0.5) is 22.0 Å². The summed E-state index contributed by atoms with van der Waals surface area (Å²) in [5.74, 6) is 0.00614. The third-order valence-corrected chi connectivity index (χ3v) is 2.99. The Labute approximate surface area is 146 Å². The smallest absolute Gasteiger partial charge is 0.413 e. The lowest BCUT2D eigenvalue weighted by Crippen LogP contribution is -2.27. The molecule has 0 radical (unpaired) electrons. The fourth-order valence-corrected chi connectivity index (χ4v) is 1.92. The van der Waals surface area contributed by atoms with Crippen LogP contribution in [0.5, 0.6) is 0 Å². The Kier molecular flexibility index (Phi) is 5.59. The molecular formula is C18H21N3O4. The van der Waals surface area contributed by atoms with Gasteiger partial charge in [-0.25, -0.2) is 14.6 Å². The van der Waals surface area contributed by atoms with Gasteiger partial charge in [-0.1, -0.05) is 0 Å². The molecule has 0 fully saturated rings. The van der Waals surface area contributed by atoms with Crippen LogP contribution in [0.1, 0.15) is 31.1 Å². The summed E-state index contributed by atoms with van der Waals surface area (Å²) in [6.07, 6.45) is 1.03. The van der Waals surface area contributed by atoms with Crippen molar-refractivity contribution in [1.82, 2.24) is 4.98 Å². The molecule has 0 aliphatic carbocycles. The summed E-state index contributed by atoms with van der Waals surface area (Å²) in [4.78, 5) is 27.2. The van der Waals surface area contributed by atoms with Crippen LogP contribution < -0.4 is 10.6 Å². The normalized spacial score (nSPS) is 10.7. The molecule has 7 nitrogen and oxygen atoms in total. The highest BCUT2D eigenvalue weighted by Gasteiger charge is 2.16. The third-order valence-electron chi connectivity index (χ3n) is 2.99. The molecule has 0 unspecified atom stereocenters. The average molecular weight is 343 g/mol. The summed E-state index contributed by atoms with van der Waals surface area (Å²) in [6.45, 7) is 5.37. The van der Waals surface area contributed by atoms with Crippen molar-refractivity contribution in [3.63, 3.8) is 0 Å². The Morgan fingerprint density at radius 2 is 1.64 bits per heavy atom. The number of methoxy groups -OCH3 is 1. The van der Waals surface area contributed by atoms with E-state index >= 15 is 0 Å². The maximum absolute atomic E-state index is 11.7. The fraction of sp³-hybridized carbons (Fsp3) is 0.278. The minimum absolute atomic E-state index is 0.384. The van der Waals surface area contributed by atoms with E-state index in [4.69, 9.17) is 4.74 Å². The molecule has 0 spiro atoms. The lowest BCUT2D eigenvalue weighted by Gasteiger charge is -2.19. The molecule has 0 saturated carbocycles. The van der Waals surface area contributed by atoms with Gasteiger partial charge in [0.1, 0.15) is 11.4 Å². The average Bonchev–Trinajstić information content (AvgIpc) is 2.55. The van der Waals surface area contributed by atoms with Crippen molar-refractivity contribution in [3.8, 4) is 0 Å². The Morgan fingerprint density at radius 1 is 1.00 bits per heavy atom. The molecule has 0 aliphatic rings. The van der Waals surface area contributed by atoms with Crippen LogP contribution in [0.2, 0.25) is 0 Å². The molecule has 2 N–H and O–H groups in total. The van der Waals surface area contributed by atoms with Gasteiger partial charge in [0.2, 0.25) is 0 Å². The maximum atomic E-state index is 11.7. The number of hydrogen-bond acceptors (Lipinski definition) is 6.